The van der Waals surface area contributed by atoms with Crippen LogP contribution in [0.3, 0.4) is 0 Å². The summed E-state index contributed by atoms with van der Waals surface area (Å²) in [7, 11) is 1.64. The van der Waals surface area contributed by atoms with E-state index < -0.39 is 0 Å². The van der Waals surface area contributed by atoms with Crippen molar-refractivity contribution in [2.45, 2.75) is 26.4 Å². The molecule has 1 aromatic heterocycles. The maximum absolute atomic E-state index is 6.25. The van der Waals surface area contributed by atoms with Gasteiger partial charge in [-0.15, -0.1) is 0 Å². The lowest BCUT2D eigenvalue weighted by Gasteiger charge is -2.11. The highest BCUT2D eigenvalue weighted by Crippen LogP contribution is 2.27. The Balaban J connectivity index is 2.30. The minimum atomic E-state index is 0.424. The number of nitrogens with zero attached hydrogens (tertiary/aromatic N) is 1. The summed E-state index contributed by atoms with van der Waals surface area (Å²) >= 11 is 6.25. The van der Waals surface area contributed by atoms with Crippen LogP contribution in [0.4, 0.5) is 0 Å². The molecule has 0 aliphatic heterocycles. The molecular weight excluding hydrogens is 272 g/mol. The zero-order valence-corrected chi connectivity index (χ0v) is 12.7. The van der Waals surface area contributed by atoms with Crippen molar-refractivity contribution in [3.05, 3.63) is 47.2 Å². The van der Waals surface area contributed by atoms with Crippen LogP contribution in [0.15, 0.2) is 36.7 Å². The molecule has 0 spiro atoms. The molecule has 0 amide bonds. The lowest BCUT2D eigenvalue weighted by molar-refractivity contribution is 0.413. The van der Waals surface area contributed by atoms with Crippen LogP contribution in [-0.4, -0.2) is 18.1 Å². The first-order valence-corrected chi connectivity index (χ1v) is 6.99. The molecule has 0 aliphatic rings. The van der Waals surface area contributed by atoms with E-state index in [4.69, 9.17) is 16.3 Å². The van der Waals surface area contributed by atoms with Crippen molar-refractivity contribution in [2.75, 3.05) is 7.11 Å². The molecule has 3 nitrogen and oxygen atoms in total. The molecular formula is C16H19ClN2O. The van der Waals surface area contributed by atoms with Gasteiger partial charge in [0.15, 0.2) is 0 Å². The lowest BCUT2D eigenvalue weighted by Crippen LogP contribution is -2.21. The highest BCUT2D eigenvalue weighted by atomic mass is 35.5. The maximum Gasteiger partial charge on any atom is 0.137 e. The van der Waals surface area contributed by atoms with Gasteiger partial charge < -0.3 is 10.1 Å². The van der Waals surface area contributed by atoms with Crippen molar-refractivity contribution in [3.8, 4) is 16.9 Å². The average molecular weight is 291 g/mol. The Bertz CT molecular complexity index is 584. The molecule has 0 fully saturated rings. The molecule has 4 heteroatoms. The molecule has 2 rings (SSSR count). The molecule has 1 aromatic carbocycles. The smallest absolute Gasteiger partial charge is 0.137 e. The molecule has 0 aliphatic carbocycles. The van der Waals surface area contributed by atoms with Gasteiger partial charge in [0.05, 0.1) is 13.3 Å². The van der Waals surface area contributed by atoms with Gasteiger partial charge in [0.2, 0.25) is 0 Å². The summed E-state index contributed by atoms with van der Waals surface area (Å²) in [5.41, 5.74) is 3.19. The van der Waals surface area contributed by atoms with Crippen LogP contribution < -0.4 is 10.1 Å². The second-order valence-electron chi connectivity index (χ2n) is 4.96. The monoisotopic (exact) mass is 290 g/mol. The van der Waals surface area contributed by atoms with Crippen LogP contribution in [-0.2, 0) is 6.54 Å². The Morgan fingerprint density at radius 3 is 2.70 bits per heavy atom. The largest absolute Gasteiger partial charge is 0.495 e. The van der Waals surface area contributed by atoms with Crippen molar-refractivity contribution in [1.82, 2.24) is 10.3 Å². The van der Waals surface area contributed by atoms with Crippen LogP contribution in [0, 0.1) is 0 Å². The fraction of sp³-hybridized carbons (Fsp3) is 0.312. The minimum absolute atomic E-state index is 0.424. The number of halogens is 1. The van der Waals surface area contributed by atoms with E-state index in [1.54, 1.807) is 13.3 Å². The molecule has 0 atom stereocenters. The molecule has 0 unspecified atom stereocenters. The molecule has 20 heavy (non-hydrogen) atoms. The fourth-order valence-electron chi connectivity index (χ4n) is 1.89. The number of hydrogen-bond acceptors (Lipinski definition) is 3. The summed E-state index contributed by atoms with van der Waals surface area (Å²) in [4.78, 5) is 4.18. The van der Waals surface area contributed by atoms with Crippen LogP contribution in [0.5, 0.6) is 5.75 Å². The molecule has 0 bridgehead atoms. The van der Waals surface area contributed by atoms with E-state index in [0.717, 1.165) is 34.0 Å². The van der Waals surface area contributed by atoms with Gasteiger partial charge in [-0.25, -0.2) is 0 Å². The number of nitrogens with one attached hydrogen (secondary N) is 1. The fourth-order valence-corrected chi connectivity index (χ4v) is 2.08. The quantitative estimate of drug-likeness (QED) is 0.906. The van der Waals surface area contributed by atoms with E-state index in [1.807, 2.05) is 24.4 Å². The number of benzene rings is 1. The SMILES string of the molecule is COc1cncc(-c2ccc(Cl)c(CNC(C)C)c2)c1. The van der Waals surface area contributed by atoms with Gasteiger partial charge in [-0.1, -0.05) is 31.5 Å². The predicted octanol–water partition coefficient (Wildman–Crippen LogP) is 3.91. The first-order chi connectivity index (χ1) is 9.60. The topological polar surface area (TPSA) is 34.1 Å². The summed E-state index contributed by atoms with van der Waals surface area (Å²) < 4.78 is 5.21. The predicted molar refractivity (Wildman–Crippen MR) is 83.2 cm³/mol. The first kappa shape index (κ1) is 14.8. The van der Waals surface area contributed by atoms with E-state index in [2.05, 4.69) is 30.2 Å². The van der Waals surface area contributed by atoms with Gasteiger partial charge in [0.25, 0.3) is 0 Å². The third kappa shape index (κ3) is 3.71. The van der Waals surface area contributed by atoms with Gasteiger partial charge in [-0.2, -0.15) is 0 Å². The Morgan fingerprint density at radius 2 is 2.00 bits per heavy atom. The Morgan fingerprint density at radius 1 is 1.20 bits per heavy atom. The van der Waals surface area contributed by atoms with E-state index in [9.17, 15) is 0 Å². The summed E-state index contributed by atoms with van der Waals surface area (Å²) in [5.74, 6) is 0.749. The number of rotatable bonds is 5. The van der Waals surface area contributed by atoms with E-state index >= 15 is 0 Å². The van der Waals surface area contributed by atoms with Gasteiger partial charge in [-0.3, -0.25) is 4.98 Å². The van der Waals surface area contributed by atoms with E-state index in [1.165, 1.54) is 0 Å². The molecule has 1 heterocycles. The van der Waals surface area contributed by atoms with Gasteiger partial charge >= 0.3 is 0 Å². The highest BCUT2D eigenvalue weighted by molar-refractivity contribution is 6.31. The Kier molecular flexibility index (Phi) is 4.99. The van der Waals surface area contributed by atoms with Gasteiger partial charge in [-0.05, 0) is 29.3 Å². The third-order valence-corrected chi connectivity index (χ3v) is 3.40. The molecule has 0 saturated heterocycles. The van der Waals surface area contributed by atoms with E-state index in [-0.39, 0.29) is 0 Å². The summed E-state index contributed by atoms with van der Waals surface area (Å²) in [6.45, 7) is 4.98. The normalized spacial score (nSPS) is 10.8. The maximum atomic E-state index is 6.25. The Hall–Kier alpha value is -1.58. The van der Waals surface area contributed by atoms with Crippen LogP contribution >= 0.6 is 11.6 Å². The van der Waals surface area contributed by atoms with Gasteiger partial charge in [0, 0.05) is 29.4 Å². The molecule has 2 aromatic rings. The number of hydrogen-bond donors (Lipinski definition) is 1. The van der Waals surface area contributed by atoms with Crippen molar-refractivity contribution < 1.29 is 4.74 Å². The molecule has 0 radical (unpaired) electrons. The standard InChI is InChI=1S/C16H19ClN2O/c1-11(2)19-9-14-6-12(4-5-16(14)17)13-7-15(20-3)10-18-8-13/h4-8,10-11,19H,9H2,1-3H3. The van der Waals surface area contributed by atoms with Crippen LogP contribution in [0.2, 0.25) is 5.02 Å². The highest BCUT2D eigenvalue weighted by Gasteiger charge is 2.06. The second-order valence-corrected chi connectivity index (χ2v) is 5.36. The lowest BCUT2D eigenvalue weighted by atomic mass is 10.0. The van der Waals surface area contributed by atoms with Crippen LogP contribution in [0.25, 0.3) is 11.1 Å². The van der Waals surface area contributed by atoms with E-state index in [0.29, 0.717) is 6.04 Å². The van der Waals surface area contributed by atoms with Gasteiger partial charge in [0.1, 0.15) is 5.75 Å². The number of pyridine rings is 1. The average Bonchev–Trinajstić information content (AvgIpc) is 2.46. The zero-order chi connectivity index (χ0) is 14.5. The molecule has 0 saturated carbocycles. The summed E-state index contributed by atoms with van der Waals surface area (Å²) in [5, 5.41) is 4.15. The second kappa shape index (κ2) is 6.73. The molecule has 1 N–H and O–H groups in total. The summed E-state index contributed by atoms with van der Waals surface area (Å²) in [6.07, 6.45) is 3.52. The van der Waals surface area contributed by atoms with Crippen molar-refractivity contribution in [1.29, 1.82) is 0 Å². The first-order valence-electron chi connectivity index (χ1n) is 6.61. The number of aromatic nitrogens is 1. The zero-order valence-electron chi connectivity index (χ0n) is 12.0. The Labute approximate surface area is 124 Å². The number of ether oxygens (including phenoxy) is 1. The van der Waals surface area contributed by atoms with Crippen LogP contribution in [0.1, 0.15) is 19.4 Å². The summed E-state index contributed by atoms with van der Waals surface area (Å²) in [6, 6.07) is 8.41. The van der Waals surface area contributed by atoms with Crippen molar-refractivity contribution in [2.24, 2.45) is 0 Å². The number of methoxy groups -OCH3 is 1. The minimum Gasteiger partial charge on any atom is -0.495 e. The van der Waals surface area contributed by atoms with Crippen molar-refractivity contribution >= 4 is 11.6 Å². The van der Waals surface area contributed by atoms with Crippen molar-refractivity contribution in [3.63, 3.8) is 0 Å². The molecule has 106 valence electrons. The third-order valence-electron chi connectivity index (χ3n) is 3.03.